The Balaban J connectivity index is 0.000000149. The molecule has 1 fully saturated rings. The number of aromatic nitrogens is 3. The lowest BCUT2D eigenvalue weighted by Crippen LogP contribution is -2.33. The van der Waals surface area contributed by atoms with Gasteiger partial charge in [-0.3, -0.25) is 4.90 Å². The van der Waals surface area contributed by atoms with Crippen molar-refractivity contribution >= 4 is 79.1 Å². The van der Waals surface area contributed by atoms with Gasteiger partial charge in [0.2, 0.25) is 0 Å². The molecule has 514 valence electrons. The van der Waals surface area contributed by atoms with Crippen molar-refractivity contribution in [2.24, 2.45) is 0 Å². The number of H-pyrrole nitrogens is 2. The van der Waals surface area contributed by atoms with E-state index in [1.54, 1.807) is 24.3 Å². The molecule has 0 saturated carbocycles. The summed E-state index contributed by atoms with van der Waals surface area (Å²) in [4.78, 5) is 9.40. The molecule has 0 atom stereocenters. The molecule has 0 unspecified atom stereocenters. The smallest absolute Gasteiger partial charge is 0.120 e. The lowest BCUT2D eigenvalue weighted by atomic mass is 10.1. The van der Waals surface area contributed by atoms with Crippen molar-refractivity contribution in [3.8, 4) is 74.0 Å². The molecule has 0 aliphatic carbocycles. The number of alkyl halides is 2. The Kier molecular flexibility index (Phi) is 25.8. The number of hydrogen-bond acceptors (Lipinski definition) is 8. The minimum absolute atomic E-state index is 0. The molecule has 1 aliphatic rings. The molecule has 4 N–H and O–H groups in total. The van der Waals surface area contributed by atoms with Gasteiger partial charge < -0.3 is 48.4 Å². The van der Waals surface area contributed by atoms with Gasteiger partial charge >= 0.3 is 0 Å². The summed E-state index contributed by atoms with van der Waals surface area (Å²) in [6, 6.07) is 91.5. The maximum absolute atomic E-state index is 10.0. The number of rotatable bonds is 21. The number of phenols is 2. The van der Waals surface area contributed by atoms with Gasteiger partial charge in [0.1, 0.15) is 73.3 Å². The summed E-state index contributed by atoms with van der Waals surface area (Å²) in [6.07, 6.45) is 3.92. The van der Waals surface area contributed by atoms with E-state index >= 15 is 0 Å². The van der Waals surface area contributed by atoms with Gasteiger partial charge in [0.15, 0.2) is 0 Å². The molecule has 0 bridgehead atoms. The predicted molar refractivity (Wildman–Crippen MR) is 416 cm³/mol. The van der Waals surface area contributed by atoms with Gasteiger partial charge in [0.25, 0.3) is 0 Å². The molecule has 15 rings (SSSR count). The monoisotopic (exact) mass is 1420 g/mol. The van der Waals surface area contributed by atoms with Crippen molar-refractivity contribution in [2.45, 2.75) is 59.7 Å². The highest BCUT2D eigenvalue weighted by Gasteiger charge is 2.20. The van der Waals surface area contributed by atoms with Crippen LogP contribution < -0.4 is 23.7 Å². The molecule has 4 heterocycles. The Morgan fingerprint density at radius 1 is 0.386 bits per heavy atom. The van der Waals surface area contributed by atoms with Gasteiger partial charge in [0.05, 0.1) is 32.3 Å². The third kappa shape index (κ3) is 19.8. The zero-order chi connectivity index (χ0) is 68.8. The fraction of sp³-hybridized carbons (Fsp3) is 0.163. The van der Waals surface area contributed by atoms with Crippen LogP contribution >= 0.6 is 46.4 Å². The first kappa shape index (κ1) is 72.0. The van der Waals surface area contributed by atoms with Gasteiger partial charge in [-0.2, -0.15) is 0 Å². The van der Waals surface area contributed by atoms with Crippen LogP contribution in [0.1, 0.15) is 54.5 Å². The van der Waals surface area contributed by atoms with Gasteiger partial charge in [0, 0.05) is 46.0 Å². The van der Waals surface area contributed by atoms with E-state index in [9.17, 15) is 10.2 Å². The lowest BCUT2D eigenvalue weighted by Gasteiger charge is -2.26. The van der Waals surface area contributed by atoms with Crippen LogP contribution in [0.15, 0.2) is 279 Å². The van der Waals surface area contributed by atoms with Crippen LogP contribution in [0, 0.1) is 0 Å². The molecule has 11 nitrogen and oxygen atoms in total. The molecule has 3 aromatic heterocycles. The normalized spacial score (nSPS) is 11.8. The second kappa shape index (κ2) is 36.2. The van der Waals surface area contributed by atoms with E-state index in [-0.39, 0.29) is 24.3 Å². The lowest BCUT2D eigenvalue weighted by molar-refractivity contribution is 0.183. The molecule has 0 amide bonds. The van der Waals surface area contributed by atoms with E-state index in [1.165, 1.54) is 32.4 Å². The SMILES string of the molecule is C.ClCCl.Clc1c(-c2ccc(OCc3ccccc3)cc2)[nH]c2ccc(OCc3ccccc3)cc12.Oc1ccc(-c2c(Cl)c3cc(O)ccc3n2Cc2ccc(OCCN3CCCCC3)cc2)cc1.c1ccc(COc2ccc(-c3cc4cc(OCc5ccccc5)ccc4[nH]3)cc2)cc1. The standard InChI is InChI=1S/C28H29ClN2O3.C28H22ClNO2.C28H23NO2.CH2Cl2.CH4/c29-27-25-18-23(33)10-13-26(25)31(28(27)21-6-8-22(32)9-7-21)19-20-4-11-24(12-5-20)34-17-16-30-14-2-1-3-15-30;29-27-25-17-24(32-19-21-9-5-2-6-10-21)15-16-26(25)30-28(27)22-11-13-23(14-12-22)31-18-20-7-3-1-4-8-20;1-3-7-21(8-4-1)19-30-25-13-11-23(12-14-25)28-18-24-17-26(15-16-27(24)29-28)31-20-22-9-5-2-6-10-22;2-1-3;/h4-13,18,32-33H,1-3,14-17,19H2;1-17,30H,18-19H2;1-18,29H,19-20H2;1H2;1H4. The second-order valence-corrected chi connectivity index (χ2v) is 25.7. The molecule has 11 aromatic carbocycles. The van der Waals surface area contributed by atoms with E-state index in [1.807, 2.05) is 176 Å². The highest BCUT2D eigenvalue weighted by atomic mass is 35.5. The Morgan fingerprint density at radius 3 is 1.39 bits per heavy atom. The van der Waals surface area contributed by atoms with Gasteiger partial charge in [-0.1, -0.05) is 171 Å². The Hall–Kier alpha value is -10.2. The molecule has 101 heavy (non-hydrogen) atoms. The van der Waals surface area contributed by atoms with Crippen molar-refractivity contribution in [3.05, 3.63) is 317 Å². The largest absolute Gasteiger partial charge is 0.508 e. The summed E-state index contributed by atoms with van der Waals surface area (Å²) in [7, 11) is 0. The highest BCUT2D eigenvalue weighted by molar-refractivity contribution is 6.40. The number of nitrogens with zero attached hydrogens (tertiary/aromatic N) is 2. The number of aromatic hydroxyl groups is 2. The average Bonchev–Trinajstić information content (AvgIpc) is 1.62. The first-order valence-electron chi connectivity index (χ1n) is 33.3. The average molecular weight is 1420 g/mol. The summed E-state index contributed by atoms with van der Waals surface area (Å²) < 4.78 is 31.8. The molecular weight excluding hydrogens is 1340 g/mol. The van der Waals surface area contributed by atoms with Gasteiger partial charge in [-0.25, -0.2) is 0 Å². The van der Waals surface area contributed by atoms with Crippen LogP contribution in [-0.4, -0.2) is 61.2 Å². The minimum Gasteiger partial charge on any atom is -0.508 e. The van der Waals surface area contributed by atoms with Gasteiger partial charge in [-0.05, 0) is 216 Å². The number of halogens is 4. The molecule has 0 spiro atoms. The molecule has 14 aromatic rings. The van der Waals surface area contributed by atoms with Crippen LogP contribution in [0.4, 0.5) is 0 Å². The fourth-order valence-corrected chi connectivity index (χ4v) is 12.6. The topological polar surface area (TPSA) is 126 Å². The summed E-state index contributed by atoms with van der Waals surface area (Å²) in [5.41, 5.74) is 14.5. The van der Waals surface area contributed by atoms with E-state index in [2.05, 4.69) is 98.3 Å². The number of piperidine rings is 1. The first-order valence-corrected chi connectivity index (χ1v) is 35.1. The summed E-state index contributed by atoms with van der Waals surface area (Å²) >= 11 is 23.1. The van der Waals surface area contributed by atoms with E-state index in [4.69, 9.17) is 70.1 Å². The number of aromatic amines is 2. The maximum Gasteiger partial charge on any atom is 0.120 e. The number of fused-ring (bicyclic) bond motifs is 3. The summed E-state index contributed by atoms with van der Waals surface area (Å²) in [5.74, 6) is 4.59. The van der Waals surface area contributed by atoms with Crippen LogP contribution in [0.2, 0.25) is 10.0 Å². The Labute approximate surface area is 610 Å². The quantitative estimate of drug-likeness (QED) is 0.0524. The number of phenolic OH excluding ortho intramolecular Hbond substituents is 2. The van der Waals surface area contributed by atoms with E-state index < -0.39 is 0 Å². The van der Waals surface area contributed by atoms with Crippen LogP contribution in [0.25, 0.3) is 66.5 Å². The van der Waals surface area contributed by atoms with Crippen LogP contribution in [0.3, 0.4) is 0 Å². The Morgan fingerprint density at radius 2 is 0.842 bits per heavy atom. The van der Waals surface area contributed by atoms with Gasteiger partial charge in [-0.15, -0.1) is 23.2 Å². The number of hydrogen-bond donors (Lipinski definition) is 4. The first-order chi connectivity index (χ1) is 49.1. The van der Waals surface area contributed by atoms with E-state index in [0.29, 0.717) is 49.6 Å². The van der Waals surface area contributed by atoms with Crippen LogP contribution in [-0.2, 0) is 33.0 Å². The molecule has 15 heteroatoms. The third-order valence-electron chi connectivity index (χ3n) is 17.1. The summed E-state index contributed by atoms with van der Waals surface area (Å²) in [5, 5.41) is 24.1. The fourth-order valence-electron chi connectivity index (χ4n) is 11.9. The van der Waals surface area contributed by atoms with Crippen molar-refractivity contribution in [2.75, 3.05) is 31.6 Å². The summed E-state index contributed by atoms with van der Waals surface area (Å²) in [6.45, 7) is 6.83. The highest BCUT2D eigenvalue weighted by Crippen LogP contribution is 2.41. The third-order valence-corrected chi connectivity index (χ3v) is 17.9. The maximum atomic E-state index is 10.0. The number of ether oxygens (including phenoxy) is 5. The second-order valence-electron chi connectivity index (χ2n) is 24.1. The molecule has 1 aliphatic heterocycles. The van der Waals surface area contributed by atoms with Crippen molar-refractivity contribution in [1.82, 2.24) is 19.4 Å². The Bertz CT molecular complexity index is 4840. The van der Waals surface area contributed by atoms with Crippen molar-refractivity contribution in [3.63, 3.8) is 0 Å². The predicted octanol–water partition coefficient (Wildman–Crippen LogP) is 23.0. The van der Waals surface area contributed by atoms with Crippen molar-refractivity contribution in [1.29, 1.82) is 0 Å². The minimum atomic E-state index is 0. The molecular formula is C86H80Cl4N4O7. The zero-order valence-corrected chi connectivity index (χ0v) is 58.1. The number of nitrogens with one attached hydrogen (secondary N) is 2. The van der Waals surface area contributed by atoms with Crippen molar-refractivity contribution < 1.29 is 33.9 Å². The molecule has 1 saturated heterocycles. The number of benzene rings is 11. The number of likely N-dealkylation sites (tertiary alicyclic amines) is 1. The van der Waals surface area contributed by atoms with Crippen LogP contribution in [0.5, 0.6) is 40.2 Å². The molecule has 0 radical (unpaired) electrons. The zero-order valence-electron chi connectivity index (χ0n) is 55.1. The van der Waals surface area contributed by atoms with E-state index in [0.717, 1.165) is 130 Å².